The van der Waals surface area contributed by atoms with Gasteiger partial charge in [0.05, 0.1) is 17.5 Å². The summed E-state index contributed by atoms with van der Waals surface area (Å²) in [6.45, 7) is 0.0555. The van der Waals surface area contributed by atoms with Crippen molar-refractivity contribution in [3.8, 4) is 23.0 Å². The molecule has 1 aliphatic rings. The lowest BCUT2D eigenvalue weighted by atomic mass is 10.2. The molecule has 6 nitrogen and oxygen atoms in total. The maximum Gasteiger partial charge on any atom is 0.416 e. The largest absolute Gasteiger partial charge is 0.455 e. The first-order valence-electron chi connectivity index (χ1n) is 6.88. The molecule has 2 aromatic carbocycles. The topological polar surface area (TPSA) is 73.9 Å². The van der Waals surface area contributed by atoms with Gasteiger partial charge in [-0.3, -0.25) is 4.72 Å². The van der Waals surface area contributed by atoms with Gasteiger partial charge in [-0.25, -0.2) is 8.42 Å². The van der Waals surface area contributed by atoms with Gasteiger partial charge in [-0.2, -0.15) is 13.2 Å². The van der Waals surface area contributed by atoms with Crippen LogP contribution in [0.3, 0.4) is 0 Å². The standard InChI is InChI=1S/C15H12F3NO5S/c1-25(20,21)19-11-6-9(15(16,17)18)2-4-12(11)24-10-3-5-13-14(7-10)23-8-22-13/h2-7,19H,8H2,1H3. The third-order valence-corrected chi connectivity index (χ3v) is 3.76. The van der Waals surface area contributed by atoms with Crippen molar-refractivity contribution in [2.75, 3.05) is 17.8 Å². The summed E-state index contributed by atoms with van der Waals surface area (Å²) in [4.78, 5) is 0. The third kappa shape index (κ3) is 4.08. The monoisotopic (exact) mass is 375 g/mol. The lowest BCUT2D eigenvalue weighted by Crippen LogP contribution is -2.12. The average molecular weight is 375 g/mol. The predicted molar refractivity (Wildman–Crippen MR) is 82.5 cm³/mol. The second kappa shape index (κ2) is 6.03. The Balaban J connectivity index is 1.96. The Labute approximate surface area is 141 Å². The van der Waals surface area contributed by atoms with Crippen LogP contribution in [0.5, 0.6) is 23.0 Å². The summed E-state index contributed by atoms with van der Waals surface area (Å²) in [5, 5.41) is 0. The summed E-state index contributed by atoms with van der Waals surface area (Å²) >= 11 is 0. The van der Waals surface area contributed by atoms with Crippen LogP contribution in [-0.4, -0.2) is 21.5 Å². The number of anilines is 1. The zero-order chi connectivity index (χ0) is 18.2. The van der Waals surface area contributed by atoms with E-state index in [2.05, 4.69) is 0 Å². The molecule has 0 unspecified atom stereocenters. The first-order valence-corrected chi connectivity index (χ1v) is 8.77. The molecule has 0 aliphatic carbocycles. The second-order valence-corrected chi connectivity index (χ2v) is 6.95. The fraction of sp³-hybridized carbons (Fsp3) is 0.200. The number of ether oxygens (including phenoxy) is 3. The maximum absolute atomic E-state index is 12.9. The van der Waals surface area contributed by atoms with E-state index in [-0.39, 0.29) is 24.0 Å². The molecule has 0 amide bonds. The van der Waals surface area contributed by atoms with E-state index in [0.29, 0.717) is 17.6 Å². The van der Waals surface area contributed by atoms with Crippen molar-refractivity contribution < 1.29 is 35.8 Å². The first kappa shape index (κ1) is 17.2. The number of alkyl halides is 3. The number of halogens is 3. The summed E-state index contributed by atoms with van der Waals surface area (Å²) < 4.78 is 79.3. The van der Waals surface area contributed by atoms with Crippen molar-refractivity contribution in [3.63, 3.8) is 0 Å². The number of hydrogen-bond donors (Lipinski definition) is 1. The van der Waals surface area contributed by atoms with Crippen molar-refractivity contribution in [3.05, 3.63) is 42.0 Å². The molecule has 134 valence electrons. The van der Waals surface area contributed by atoms with Crippen LogP contribution >= 0.6 is 0 Å². The van der Waals surface area contributed by atoms with Gasteiger partial charge in [-0.05, 0) is 30.3 Å². The molecular weight excluding hydrogens is 363 g/mol. The number of hydrogen-bond acceptors (Lipinski definition) is 5. The Morgan fingerprint density at radius 3 is 2.48 bits per heavy atom. The van der Waals surface area contributed by atoms with Crippen LogP contribution in [0, 0.1) is 0 Å². The third-order valence-electron chi connectivity index (χ3n) is 3.17. The van der Waals surface area contributed by atoms with Gasteiger partial charge in [-0.1, -0.05) is 0 Å². The fourth-order valence-electron chi connectivity index (χ4n) is 2.14. The van der Waals surface area contributed by atoms with Gasteiger partial charge in [0.2, 0.25) is 16.8 Å². The highest BCUT2D eigenvalue weighted by Crippen LogP contribution is 2.40. The van der Waals surface area contributed by atoms with Gasteiger partial charge >= 0.3 is 6.18 Å². The van der Waals surface area contributed by atoms with Crippen molar-refractivity contribution in [1.29, 1.82) is 0 Å². The SMILES string of the molecule is CS(=O)(=O)Nc1cc(C(F)(F)F)ccc1Oc1ccc2c(c1)OCO2. The predicted octanol–water partition coefficient (Wildman–Crippen LogP) is 3.60. The van der Waals surface area contributed by atoms with Gasteiger partial charge in [0.25, 0.3) is 0 Å². The molecule has 1 aliphatic heterocycles. The number of fused-ring (bicyclic) bond motifs is 1. The number of benzene rings is 2. The molecule has 25 heavy (non-hydrogen) atoms. The molecule has 0 bridgehead atoms. The molecule has 0 atom stereocenters. The van der Waals surface area contributed by atoms with E-state index >= 15 is 0 Å². The lowest BCUT2D eigenvalue weighted by Gasteiger charge is -2.15. The van der Waals surface area contributed by atoms with E-state index in [1.165, 1.54) is 12.1 Å². The van der Waals surface area contributed by atoms with Crippen LogP contribution in [0.4, 0.5) is 18.9 Å². The van der Waals surface area contributed by atoms with Gasteiger partial charge in [0.1, 0.15) is 5.75 Å². The smallest absolute Gasteiger partial charge is 0.416 e. The zero-order valence-corrected chi connectivity index (χ0v) is 13.6. The van der Waals surface area contributed by atoms with Crippen LogP contribution in [0.25, 0.3) is 0 Å². The van der Waals surface area contributed by atoms with Crippen LogP contribution in [0.1, 0.15) is 5.56 Å². The molecule has 0 spiro atoms. The van der Waals surface area contributed by atoms with Crippen LogP contribution in [0.2, 0.25) is 0 Å². The number of rotatable bonds is 4. The minimum Gasteiger partial charge on any atom is -0.455 e. The molecule has 0 radical (unpaired) electrons. The van der Waals surface area contributed by atoms with Gasteiger partial charge in [-0.15, -0.1) is 0 Å². The average Bonchev–Trinajstić information content (AvgIpc) is 2.94. The summed E-state index contributed by atoms with van der Waals surface area (Å²) in [6, 6.07) is 7.10. The normalized spacial score (nSPS) is 13.6. The van der Waals surface area contributed by atoms with E-state index in [1.54, 1.807) is 6.07 Å². The van der Waals surface area contributed by atoms with Crippen molar-refractivity contribution >= 4 is 15.7 Å². The molecule has 0 aromatic heterocycles. The Kier molecular flexibility index (Phi) is 4.15. The number of nitrogens with one attached hydrogen (secondary N) is 1. The first-order chi connectivity index (χ1) is 11.6. The maximum atomic E-state index is 12.9. The number of sulfonamides is 1. The minimum absolute atomic E-state index is 0.0555. The Bertz CT molecular complexity index is 912. The fourth-order valence-corrected chi connectivity index (χ4v) is 2.70. The molecule has 2 aromatic rings. The van der Waals surface area contributed by atoms with Gasteiger partial charge < -0.3 is 14.2 Å². The quantitative estimate of drug-likeness (QED) is 0.884. The van der Waals surface area contributed by atoms with Gasteiger partial charge in [0.15, 0.2) is 17.2 Å². The van der Waals surface area contributed by atoms with Crippen LogP contribution < -0.4 is 18.9 Å². The molecule has 0 saturated heterocycles. The second-order valence-electron chi connectivity index (χ2n) is 5.20. The molecule has 0 saturated carbocycles. The Morgan fingerprint density at radius 2 is 1.80 bits per heavy atom. The highest BCUT2D eigenvalue weighted by atomic mass is 32.2. The highest BCUT2D eigenvalue weighted by Gasteiger charge is 2.31. The van der Waals surface area contributed by atoms with Gasteiger partial charge in [0, 0.05) is 6.07 Å². The van der Waals surface area contributed by atoms with E-state index in [9.17, 15) is 21.6 Å². The summed E-state index contributed by atoms with van der Waals surface area (Å²) in [5.41, 5.74) is -1.33. The summed E-state index contributed by atoms with van der Waals surface area (Å²) in [6.07, 6.45) is -3.79. The van der Waals surface area contributed by atoms with Crippen LogP contribution in [0.15, 0.2) is 36.4 Å². The molecule has 1 N–H and O–H groups in total. The van der Waals surface area contributed by atoms with E-state index < -0.39 is 21.8 Å². The minimum atomic E-state index is -4.62. The van der Waals surface area contributed by atoms with Crippen molar-refractivity contribution in [2.45, 2.75) is 6.18 Å². The zero-order valence-electron chi connectivity index (χ0n) is 12.8. The molecule has 10 heteroatoms. The molecular formula is C15H12F3NO5S. The summed E-state index contributed by atoms with van der Waals surface area (Å²) in [7, 11) is -3.81. The Hall–Kier alpha value is -2.62. The highest BCUT2D eigenvalue weighted by molar-refractivity contribution is 7.92. The lowest BCUT2D eigenvalue weighted by molar-refractivity contribution is -0.137. The Morgan fingerprint density at radius 1 is 1.08 bits per heavy atom. The van der Waals surface area contributed by atoms with E-state index in [4.69, 9.17) is 14.2 Å². The molecule has 1 heterocycles. The van der Waals surface area contributed by atoms with Crippen LogP contribution in [-0.2, 0) is 16.2 Å². The van der Waals surface area contributed by atoms with Crippen molar-refractivity contribution in [1.82, 2.24) is 0 Å². The van der Waals surface area contributed by atoms with Crippen molar-refractivity contribution in [2.24, 2.45) is 0 Å². The molecule has 0 fully saturated rings. The summed E-state index contributed by atoms with van der Waals surface area (Å²) in [5.74, 6) is 1.09. The molecule has 3 rings (SSSR count). The van der Waals surface area contributed by atoms with E-state index in [1.807, 2.05) is 4.72 Å². The van der Waals surface area contributed by atoms with E-state index in [0.717, 1.165) is 18.4 Å².